The molecule has 0 saturated heterocycles. The van der Waals surface area contributed by atoms with Crippen LogP contribution in [-0.2, 0) is 12.8 Å². The Labute approximate surface area is 98.0 Å². The van der Waals surface area contributed by atoms with Gasteiger partial charge in [0.25, 0.3) is 0 Å². The van der Waals surface area contributed by atoms with E-state index in [0.29, 0.717) is 5.92 Å². The minimum absolute atomic E-state index is 0.584. The second kappa shape index (κ2) is 5.35. The number of hydrogen-bond acceptors (Lipinski definition) is 2. The molecule has 0 unspecified atom stereocenters. The molecule has 0 radical (unpaired) electrons. The molecule has 1 N–H and O–H groups in total. The minimum atomic E-state index is 0.584. The van der Waals surface area contributed by atoms with Gasteiger partial charge in [0.2, 0.25) is 0 Å². The highest BCUT2D eigenvalue weighted by molar-refractivity contribution is 5.36. The minimum Gasteiger partial charge on any atom is -0.493 e. The summed E-state index contributed by atoms with van der Waals surface area (Å²) >= 11 is 0. The maximum atomic E-state index is 5.75. The molecule has 88 valence electrons. The third-order valence-electron chi connectivity index (χ3n) is 2.90. The lowest BCUT2D eigenvalue weighted by atomic mass is 10.0. The Morgan fingerprint density at radius 2 is 1.94 bits per heavy atom. The van der Waals surface area contributed by atoms with Crippen LogP contribution in [0.1, 0.15) is 25.0 Å². The number of nitrogens with one attached hydrogen (secondary N) is 1. The standard InChI is InChI=1S/C14H21NO/c1-11(2)10-16-14-4-3-12-5-7-15-8-6-13(12)9-14/h3-4,9,11,15H,5-8,10H2,1-2H3. The monoisotopic (exact) mass is 219 g/mol. The van der Waals surface area contributed by atoms with Crippen LogP contribution in [0.2, 0.25) is 0 Å². The van der Waals surface area contributed by atoms with E-state index < -0.39 is 0 Å². The fraction of sp³-hybridized carbons (Fsp3) is 0.571. The topological polar surface area (TPSA) is 21.3 Å². The molecule has 0 spiro atoms. The van der Waals surface area contributed by atoms with Gasteiger partial charge < -0.3 is 10.1 Å². The van der Waals surface area contributed by atoms with Crippen molar-refractivity contribution in [2.45, 2.75) is 26.7 Å². The van der Waals surface area contributed by atoms with E-state index in [9.17, 15) is 0 Å². The van der Waals surface area contributed by atoms with Crippen molar-refractivity contribution in [3.63, 3.8) is 0 Å². The quantitative estimate of drug-likeness (QED) is 0.843. The molecule has 2 nitrogen and oxygen atoms in total. The highest BCUT2D eigenvalue weighted by Gasteiger charge is 2.08. The molecule has 1 heterocycles. The Morgan fingerprint density at radius 1 is 1.19 bits per heavy atom. The molecule has 2 heteroatoms. The van der Waals surface area contributed by atoms with Crippen molar-refractivity contribution in [3.05, 3.63) is 29.3 Å². The average molecular weight is 219 g/mol. The third-order valence-corrected chi connectivity index (χ3v) is 2.90. The van der Waals surface area contributed by atoms with Gasteiger partial charge in [0.1, 0.15) is 5.75 Å². The summed E-state index contributed by atoms with van der Waals surface area (Å²) in [7, 11) is 0. The number of ether oxygens (including phenoxy) is 1. The maximum Gasteiger partial charge on any atom is 0.119 e. The van der Waals surface area contributed by atoms with Crippen LogP contribution in [0.5, 0.6) is 5.75 Å². The van der Waals surface area contributed by atoms with Crippen LogP contribution in [0.15, 0.2) is 18.2 Å². The number of fused-ring (bicyclic) bond motifs is 1. The molecule has 1 aliphatic heterocycles. The SMILES string of the molecule is CC(C)COc1ccc2c(c1)CCNCC2. The lowest BCUT2D eigenvalue weighted by Crippen LogP contribution is -2.16. The van der Waals surface area contributed by atoms with E-state index >= 15 is 0 Å². The Hall–Kier alpha value is -1.02. The molecular formula is C14H21NO. The lowest BCUT2D eigenvalue weighted by Gasteiger charge is -2.11. The smallest absolute Gasteiger partial charge is 0.119 e. The summed E-state index contributed by atoms with van der Waals surface area (Å²) in [6.07, 6.45) is 2.26. The second-order valence-electron chi connectivity index (χ2n) is 4.89. The van der Waals surface area contributed by atoms with E-state index in [1.54, 1.807) is 0 Å². The average Bonchev–Trinajstić information content (AvgIpc) is 2.50. The Bertz CT molecular complexity index is 347. The molecular weight excluding hydrogens is 198 g/mol. The van der Waals surface area contributed by atoms with Gasteiger partial charge in [-0.1, -0.05) is 19.9 Å². The van der Waals surface area contributed by atoms with Crippen LogP contribution in [0.4, 0.5) is 0 Å². The summed E-state index contributed by atoms with van der Waals surface area (Å²) in [6, 6.07) is 6.54. The largest absolute Gasteiger partial charge is 0.493 e. The molecule has 0 saturated carbocycles. The van der Waals surface area contributed by atoms with Crippen LogP contribution in [0, 0.1) is 5.92 Å². The van der Waals surface area contributed by atoms with E-state index in [1.807, 2.05) is 0 Å². The molecule has 0 amide bonds. The Morgan fingerprint density at radius 3 is 2.69 bits per heavy atom. The van der Waals surface area contributed by atoms with E-state index in [2.05, 4.69) is 37.4 Å². The van der Waals surface area contributed by atoms with Crippen molar-refractivity contribution < 1.29 is 4.74 Å². The first-order chi connectivity index (χ1) is 7.75. The van der Waals surface area contributed by atoms with Gasteiger partial charge in [0, 0.05) is 0 Å². The second-order valence-corrected chi connectivity index (χ2v) is 4.89. The molecule has 0 fully saturated rings. The van der Waals surface area contributed by atoms with Gasteiger partial charge in [-0.2, -0.15) is 0 Å². The zero-order valence-corrected chi connectivity index (χ0v) is 10.3. The van der Waals surface area contributed by atoms with Crippen LogP contribution in [0.25, 0.3) is 0 Å². The highest BCUT2D eigenvalue weighted by Crippen LogP contribution is 2.20. The first-order valence-electron chi connectivity index (χ1n) is 6.21. The van der Waals surface area contributed by atoms with Crippen LogP contribution < -0.4 is 10.1 Å². The van der Waals surface area contributed by atoms with Crippen molar-refractivity contribution in [3.8, 4) is 5.75 Å². The van der Waals surface area contributed by atoms with Crippen molar-refractivity contribution in [1.29, 1.82) is 0 Å². The van der Waals surface area contributed by atoms with Gasteiger partial charge in [-0.3, -0.25) is 0 Å². The van der Waals surface area contributed by atoms with E-state index in [4.69, 9.17) is 4.74 Å². The summed E-state index contributed by atoms with van der Waals surface area (Å²) < 4.78 is 5.75. The van der Waals surface area contributed by atoms with Crippen LogP contribution in [0.3, 0.4) is 0 Å². The lowest BCUT2D eigenvalue weighted by molar-refractivity contribution is 0.271. The molecule has 2 rings (SSSR count). The molecule has 0 atom stereocenters. The first-order valence-corrected chi connectivity index (χ1v) is 6.21. The van der Waals surface area contributed by atoms with Gasteiger partial charge in [0.05, 0.1) is 6.61 Å². The predicted octanol–water partition coefficient (Wildman–Crippen LogP) is 2.41. The summed E-state index contributed by atoms with van der Waals surface area (Å²) in [4.78, 5) is 0. The number of benzene rings is 1. The molecule has 1 aliphatic rings. The Balaban J connectivity index is 2.08. The van der Waals surface area contributed by atoms with Gasteiger partial charge >= 0.3 is 0 Å². The van der Waals surface area contributed by atoms with E-state index in [0.717, 1.165) is 38.3 Å². The van der Waals surface area contributed by atoms with Gasteiger partial charge in [0.15, 0.2) is 0 Å². The van der Waals surface area contributed by atoms with Crippen molar-refractivity contribution in [2.24, 2.45) is 5.92 Å². The van der Waals surface area contributed by atoms with Gasteiger partial charge in [-0.25, -0.2) is 0 Å². The number of rotatable bonds is 3. The number of hydrogen-bond donors (Lipinski definition) is 1. The summed E-state index contributed by atoms with van der Waals surface area (Å²) in [6.45, 7) is 7.33. The fourth-order valence-electron chi connectivity index (χ4n) is 2.00. The highest BCUT2D eigenvalue weighted by atomic mass is 16.5. The summed E-state index contributed by atoms with van der Waals surface area (Å²) in [5, 5.41) is 3.42. The van der Waals surface area contributed by atoms with Gasteiger partial charge in [-0.15, -0.1) is 0 Å². The van der Waals surface area contributed by atoms with Crippen LogP contribution >= 0.6 is 0 Å². The molecule has 0 aromatic heterocycles. The molecule has 1 aromatic rings. The fourth-order valence-corrected chi connectivity index (χ4v) is 2.00. The van der Waals surface area contributed by atoms with E-state index in [-0.39, 0.29) is 0 Å². The zero-order chi connectivity index (χ0) is 11.4. The van der Waals surface area contributed by atoms with Crippen molar-refractivity contribution in [2.75, 3.05) is 19.7 Å². The third kappa shape index (κ3) is 2.99. The molecule has 16 heavy (non-hydrogen) atoms. The maximum absolute atomic E-state index is 5.75. The molecule has 0 bridgehead atoms. The normalized spacial score (nSPS) is 15.7. The molecule has 0 aliphatic carbocycles. The Kier molecular flexibility index (Phi) is 3.83. The van der Waals surface area contributed by atoms with Crippen LogP contribution in [-0.4, -0.2) is 19.7 Å². The van der Waals surface area contributed by atoms with Gasteiger partial charge in [-0.05, 0) is 55.1 Å². The predicted molar refractivity (Wildman–Crippen MR) is 67.1 cm³/mol. The summed E-state index contributed by atoms with van der Waals surface area (Å²) in [5.41, 5.74) is 2.92. The molecule has 1 aromatic carbocycles. The van der Waals surface area contributed by atoms with Crippen molar-refractivity contribution in [1.82, 2.24) is 5.32 Å². The summed E-state index contributed by atoms with van der Waals surface area (Å²) in [5.74, 6) is 1.61. The first kappa shape index (κ1) is 11.5. The van der Waals surface area contributed by atoms with E-state index in [1.165, 1.54) is 11.1 Å². The zero-order valence-electron chi connectivity index (χ0n) is 10.3. The van der Waals surface area contributed by atoms with Crippen molar-refractivity contribution >= 4 is 0 Å².